The van der Waals surface area contributed by atoms with E-state index in [1.165, 1.54) is 19.0 Å². The van der Waals surface area contributed by atoms with Crippen molar-refractivity contribution in [2.45, 2.75) is 58.5 Å². The lowest BCUT2D eigenvalue weighted by atomic mass is 10.00. The Morgan fingerprint density at radius 1 is 0.941 bits per heavy atom. The molecule has 3 aromatic rings. The minimum absolute atomic E-state index is 0.0911. The zero-order valence-electron chi connectivity index (χ0n) is 19.9. The van der Waals surface area contributed by atoms with Crippen LogP contribution in [0, 0.1) is 11.6 Å². The first-order chi connectivity index (χ1) is 16.5. The van der Waals surface area contributed by atoms with Gasteiger partial charge in [0.2, 0.25) is 0 Å². The van der Waals surface area contributed by atoms with Gasteiger partial charge in [0.15, 0.2) is 11.6 Å². The Kier molecular flexibility index (Phi) is 9.77. The third-order valence-electron chi connectivity index (χ3n) is 5.78. The van der Waals surface area contributed by atoms with Gasteiger partial charge in [0.05, 0.1) is 18.0 Å². The standard InChI is InChI=1S/C29H33F2NO2/c1-3-4-8-19-34-21(2)9-6-5-7-10-24-15-17-26(29(31)28(24)30)22-11-13-23(14-12-22)27-18-16-25(33)20-32-27/h7,10-18,20-21,33H,3-6,8-9,19H2,1-2H3. The van der Waals surface area contributed by atoms with Crippen LogP contribution in [0.1, 0.15) is 57.9 Å². The normalized spacial score (nSPS) is 12.4. The second-order valence-corrected chi connectivity index (χ2v) is 8.53. The summed E-state index contributed by atoms with van der Waals surface area (Å²) in [5.74, 6) is -1.61. The number of hydrogen-bond donors (Lipinski definition) is 1. The van der Waals surface area contributed by atoms with Crippen LogP contribution in [0.3, 0.4) is 0 Å². The Morgan fingerprint density at radius 3 is 2.41 bits per heavy atom. The predicted octanol–water partition coefficient (Wildman–Crippen LogP) is 8.18. The van der Waals surface area contributed by atoms with E-state index in [1.807, 2.05) is 6.08 Å². The summed E-state index contributed by atoms with van der Waals surface area (Å²) in [7, 11) is 0. The Hall–Kier alpha value is -3.05. The maximum atomic E-state index is 14.8. The van der Waals surface area contributed by atoms with Gasteiger partial charge in [-0.25, -0.2) is 8.78 Å². The maximum Gasteiger partial charge on any atom is 0.167 e. The van der Waals surface area contributed by atoms with E-state index in [0.29, 0.717) is 11.3 Å². The van der Waals surface area contributed by atoms with Crippen LogP contribution in [0.5, 0.6) is 5.75 Å². The van der Waals surface area contributed by atoms with Crippen molar-refractivity contribution in [1.82, 2.24) is 4.98 Å². The van der Waals surface area contributed by atoms with E-state index in [9.17, 15) is 13.9 Å². The number of halogens is 2. The molecule has 0 radical (unpaired) electrons. The Labute approximate surface area is 201 Å². The number of benzene rings is 2. The molecule has 0 spiro atoms. The van der Waals surface area contributed by atoms with Crippen LogP contribution >= 0.6 is 0 Å². The molecule has 1 unspecified atom stereocenters. The number of rotatable bonds is 12. The van der Waals surface area contributed by atoms with Crippen LogP contribution in [0.2, 0.25) is 0 Å². The molecule has 0 amide bonds. The summed E-state index contributed by atoms with van der Waals surface area (Å²) in [6.45, 7) is 5.06. The summed E-state index contributed by atoms with van der Waals surface area (Å²) >= 11 is 0. The van der Waals surface area contributed by atoms with Crippen LogP contribution < -0.4 is 0 Å². The van der Waals surface area contributed by atoms with Crippen molar-refractivity contribution in [2.24, 2.45) is 0 Å². The van der Waals surface area contributed by atoms with Crippen LogP contribution in [0.4, 0.5) is 8.78 Å². The second kappa shape index (κ2) is 13.0. The molecule has 0 aliphatic heterocycles. The monoisotopic (exact) mass is 465 g/mol. The van der Waals surface area contributed by atoms with E-state index >= 15 is 0 Å². The summed E-state index contributed by atoms with van der Waals surface area (Å²) < 4.78 is 35.3. The highest BCUT2D eigenvalue weighted by Crippen LogP contribution is 2.29. The molecule has 1 aromatic heterocycles. The first kappa shape index (κ1) is 25.6. The average Bonchev–Trinajstić information content (AvgIpc) is 2.85. The zero-order valence-corrected chi connectivity index (χ0v) is 19.9. The summed E-state index contributed by atoms with van der Waals surface area (Å²) in [5, 5.41) is 9.37. The minimum Gasteiger partial charge on any atom is -0.506 e. The van der Waals surface area contributed by atoms with E-state index < -0.39 is 11.6 Å². The molecule has 0 bridgehead atoms. The van der Waals surface area contributed by atoms with Gasteiger partial charge >= 0.3 is 0 Å². The Bertz CT molecular complexity index is 1060. The average molecular weight is 466 g/mol. The van der Waals surface area contributed by atoms with Gasteiger partial charge in [0.25, 0.3) is 0 Å². The molecular formula is C29H33F2NO2. The van der Waals surface area contributed by atoms with Gasteiger partial charge in [0.1, 0.15) is 5.75 Å². The number of nitrogens with zero attached hydrogens (tertiary/aromatic N) is 1. The van der Waals surface area contributed by atoms with Crippen LogP contribution in [0.15, 0.2) is 60.8 Å². The molecule has 1 atom stereocenters. The molecule has 1 heterocycles. The highest BCUT2D eigenvalue weighted by atomic mass is 19.2. The van der Waals surface area contributed by atoms with Crippen LogP contribution in [-0.2, 0) is 4.74 Å². The molecule has 5 heteroatoms. The molecule has 0 saturated carbocycles. The van der Waals surface area contributed by atoms with E-state index in [0.717, 1.165) is 37.9 Å². The van der Waals surface area contributed by atoms with Crippen molar-refractivity contribution in [2.75, 3.05) is 6.61 Å². The second-order valence-electron chi connectivity index (χ2n) is 8.53. The number of hydrogen-bond acceptors (Lipinski definition) is 3. The van der Waals surface area contributed by atoms with Crippen molar-refractivity contribution >= 4 is 6.08 Å². The highest BCUT2D eigenvalue weighted by Gasteiger charge is 2.14. The van der Waals surface area contributed by atoms with Crippen molar-refractivity contribution in [3.63, 3.8) is 0 Å². The maximum absolute atomic E-state index is 14.8. The molecule has 1 N–H and O–H groups in total. The first-order valence-electron chi connectivity index (χ1n) is 12.0. The fraction of sp³-hybridized carbons (Fsp3) is 0.345. The van der Waals surface area contributed by atoms with Gasteiger partial charge in [-0.15, -0.1) is 0 Å². The van der Waals surface area contributed by atoms with Crippen molar-refractivity contribution in [3.8, 4) is 28.1 Å². The lowest BCUT2D eigenvalue weighted by Crippen LogP contribution is -2.08. The minimum atomic E-state index is -0.855. The van der Waals surface area contributed by atoms with Gasteiger partial charge < -0.3 is 9.84 Å². The number of unbranched alkanes of at least 4 members (excludes halogenated alkanes) is 3. The van der Waals surface area contributed by atoms with Crippen molar-refractivity contribution in [3.05, 3.63) is 78.0 Å². The van der Waals surface area contributed by atoms with E-state index in [-0.39, 0.29) is 23.0 Å². The van der Waals surface area contributed by atoms with Crippen molar-refractivity contribution < 1.29 is 18.6 Å². The molecule has 0 saturated heterocycles. The number of pyridine rings is 1. The summed E-state index contributed by atoms with van der Waals surface area (Å²) in [5.41, 5.74) is 2.56. The van der Waals surface area contributed by atoms with Gasteiger partial charge in [-0.2, -0.15) is 0 Å². The number of aromatic hydroxyl groups is 1. The molecule has 3 nitrogen and oxygen atoms in total. The fourth-order valence-corrected chi connectivity index (χ4v) is 3.75. The first-order valence-corrected chi connectivity index (χ1v) is 12.0. The Balaban J connectivity index is 1.56. The van der Waals surface area contributed by atoms with Crippen LogP contribution in [0.25, 0.3) is 28.5 Å². The Morgan fingerprint density at radius 2 is 1.71 bits per heavy atom. The molecule has 0 fully saturated rings. The van der Waals surface area contributed by atoms with E-state index in [2.05, 4.69) is 18.8 Å². The van der Waals surface area contributed by atoms with Gasteiger partial charge in [0, 0.05) is 23.3 Å². The van der Waals surface area contributed by atoms with E-state index in [1.54, 1.807) is 54.6 Å². The topological polar surface area (TPSA) is 42.4 Å². The fourth-order valence-electron chi connectivity index (χ4n) is 3.75. The largest absolute Gasteiger partial charge is 0.506 e. The quantitative estimate of drug-likeness (QED) is 0.274. The van der Waals surface area contributed by atoms with Gasteiger partial charge in [-0.1, -0.05) is 68.3 Å². The van der Waals surface area contributed by atoms with E-state index in [4.69, 9.17) is 4.74 Å². The molecule has 2 aromatic carbocycles. The summed E-state index contributed by atoms with van der Waals surface area (Å²) in [6, 6.07) is 13.6. The van der Waals surface area contributed by atoms with Gasteiger partial charge in [-0.05, 0) is 50.3 Å². The molecule has 34 heavy (non-hydrogen) atoms. The molecule has 180 valence electrons. The molecular weight excluding hydrogens is 432 g/mol. The SMILES string of the molecule is CCCCCOC(C)CCCC=Cc1ccc(-c2ccc(-c3ccc(O)cn3)cc2)c(F)c1F. The number of aromatic nitrogens is 1. The molecule has 0 aliphatic rings. The third kappa shape index (κ3) is 7.22. The molecule has 3 rings (SSSR count). The summed E-state index contributed by atoms with van der Waals surface area (Å²) in [4.78, 5) is 4.17. The lowest BCUT2D eigenvalue weighted by molar-refractivity contribution is 0.0566. The zero-order chi connectivity index (χ0) is 24.3. The van der Waals surface area contributed by atoms with Gasteiger partial charge in [-0.3, -0.25) is 4.98 Å². The van der Waals surface area contributed by atoms with Crippen LogP contribution in [-0.4, -0.2) is 22.8 Å². The summed E-state index contributed by atoms with van der Waals surface area (Å²) in [6.07, 6.45) is 11.3. The number of ether oxygens (including phenoxy) is 1. The predicted molar refractivity (Wildman–Crippen MR) is 135 cm³/mol. The molecule has 0 aliphatic carbocycles. The third-order valence-corrected chi connectivity index (χ3v) is 5.78. The highest BCUT2D eigenvalue weighted by molar-refractivity contribution is 5.70. The van der Waals surface area contributed by atoms with Crippen molar-refractivity contribution in [1.29, 1.82) is 0 Å². The lowest BCUT2D eigenvalue weighted by Gasteiger charge is -2.12. The number of allylic oxidation sites excluding steroid dienone is 1. The smallest absolute Gasteiger partial charge is 0.167 e.